The Kier molecular flexibility index (Phi) is 6.40. The van der Waals surface area contributed by atoms with Crippen molar-refractivity contribution in [3.8, 4) is 5.75 Å². The van der Waals surface area contributed by atoms with Crippen LogP contribution in [0, 0.1) is 5.82 Å². The smallest absolute Gasteiger partial charge is 0.387 e. The number of halogens is 5. The van der Waals surface area contributed by atoms with E-state index in [1.54, 1.807) is 23.0 Å². The largest absolute Gasteiger partial charge is 0.434 e. The first-order chi connectivity index (χ1) is 13.3. The SMILES string of the molecule is O=C(Nc1nn(Cc2ccc(F)cc2)cc1Br)c1cc(Br)ccc1OC(F)F. The maximum Gasteiger partial charge on any atom is 0.387 e. The van der Waals surface area contributed by atoms with Gasteiger partial charge in [0, 0.05) is 10.7 Å². The van der Waals surface area contributed by atoms with E-state index in [1.807, 2.05) is 0 Å². The number of ether oxygens (including phenoxy) is 1. The number of carbonyl (C=O) groups is 1. The normalized spacial score (nSPS) is 10.9. The molecule has 0 aliphatic carbocycles. The summed E-state index contributed by atoms with van der Waals surface area (Å²) in [6.07, 6.45) is 1.64. The van der Waals surface area contributed by atoms with Crippen LogP contribution in [0.5, 0.6) is 5.75 Å². The Labute approximate surface area is 174 Å². The number of nitrogens with zero attached hydrogens (tertiary/aromatic N) is 2. The molecule has 1 N–H and O–H groups in total. The number of aromatic nitrogens is 2. The topological polar surface area (TPSA) is 56.2 Å². The maximum absolute atomic E-state index is 13.0. The van der Waals surface area contributed by atoms with Gasteiger partial charge in [0.2, 0.25) is 0 Å². The fraction of sp³-hybridized carbons (Fsp3) is 0.111. The van der Waals surface area contributed by atoms with Crippen molar-refractivity contribution < 1.29 is 22.7 Å². The average Bonchev–Trinajstić information content (AvgIpc) is 2.97. The lowest BCUT2D eigenvalue weighted by Crippen LogP contribution is -2.16. The predicted molar refractivity (Wildman–Crippen MR) is 104 cm³/mol. The standard InChI is InChI=1S/C18H12Br2F3N3O2/c19-11-3-6-15(28-18(22)23)13(7-11)17(27)24-16-14(20)9-26(25-16)8-10-1-4-12(21)5-2-10/h1-7,9,18H,8H2,(H,24,25,27). The van der Waals surface area contributed by atoms with Crippen molar-refractivity contribution in [1.29, 1.82) is 0 Å². The molecule has 0 saturated carbocycles. The molecule has 0 bridgehead atoms. The van der Waals surface area contributed by atoms with E-state index in [2.05, 4.69) is 47.0 Å². The molecule has 146 valence electrons. The lowest BCUT2D eigenvalue weighted by Gasteiger charge is -2.11. The minimum Gasteiger partial charge on any atom is -0.434 e. The van der Waals surface area contributed by atoms with E-state index in [4.69, 9.17) is 0 Å². The first-order valence-corrected chi connectivity index (χ1v) is 9.43. The zero-order valence-electron chi connectivity index (χ0n) is 14.0. The van der Waals surface area contributed by atoms with Gasteiger partial charge >= 0.3 is 6.61 Å². The van der Waals surface area contributed by atoms with Crippen LogP contribution >= 0.6 is 31.9 Å². The second-order valence-corrected chi connectivity index (χ2v) is 7.39. The molecule has 28 heavy (non-hydrogen) atoms. The summed E-state index contributed by atoms with van der Waals surface area (Å²) >= 11 is 6.50. The molecule has 0 atom stereocenters. The monoisotopic (exact) mass is 517 g/mol. The number of hydrogen-bond acceptors (Lipinski definition) is 3. The van der Waals surface area contributed by atoms with Crippen LogP contribution in [-0.4, -0.2) is 22.3 Å². The molecule has 1 aromatic heterocycles. The Morgan fingerprint density at radius 3 is 2.57 bits per heavy atom. The third-order valence-electron chi connectivity index (χ3n) is 3.61. The van der Waals surface area contributed by atoms with Gasteiger partial charge in [0.15, 0.2) is 5.82 Å². The first-order valence-electron chi connectivity index (χ1n) is 7.85. The summed E-state index contributed by atoms with van der Waals surface area (Å²) in [5, 5.41) is 6.81. The van der Waals surface area contributed by atoms with E-state index < -0.39 is 12.5 Å². The molecule has 0 aliphatic rings. The number of benzene rings is 2. The quantitative estimate of drug-likeness (QED) is 0.472. The summed E-state index contributed by atoms with van der Waals surface area (Å²) in [7, 11) is 0. The van der Waals surface area contributed by atoms with E-state index in [0.29, 0.717) is 15.5 Å². The molecule has 0 spiro atoms. The van der Waals surface area contributed by atoms with Crippen LogP contribution in [0.4, 0.5) is 19.0 Å². The fourth-order valence-corrected chi connectivity index (χ4v) is 3.17. The van der Waals surface area contributed by atoms with Gasteiger partial charge in [-0.2, -0.15) is 13.9 Å². The second-order valence-electron chi connectivity index (χ2n) is 5.62. The highest BCUT2D eigenvalue weighted by Crippen LogP contribution is 2.27. The van der Waals surface area contributed by atoms with Crippen molar-refractivity contribution in [2.75, 3.05) is 5.32 Å². The molecule has 3 rings (SSSR count). The number of alkyl halides is 2. The van der Waals surface area contributed by atoms with Crippen LogP contribution in [0.15, 0.2) is 57.6 Å². The minimum atomic E-state index is -3.06. The highest BCUT2D eigenvalue weighted by molar-refractivity contribution is 9.10. The number of rotatable bonds is 6. The Bertz CT molecular complexity index is 994. The predicted octanol–water partition coefficient (Wildman–Crippen LogP) is 5.45. The van der Waals surface area contributed by atoms with E-state index in [9.17, 15) is 18.0 Å². The van der Waals surface area contributed by atoms with Gasteiger partial charge < -0.3 is 10.1 Å². The van der Waals surface area contributed by atoms with Crippen LogP contribution in [0.1, 0.15) is 15.9 Å². The van der Waals surface area contributed by atoms with Crippen molar-refractivity contribution in [2.45, 2.75) is 13.2 Å². The molecule has 1 heterocycles. The summed E-state index contributed by atoms with van der Waals surface area (Å²) < 4.78 is 45.1. The third-order valence-corrected chi connectivity index (χ3v) is 4.68. The zero-order chi connectivity index (χ0) is 20.3. The van der Waals surface area contributed by atoms with Gasteiger partial charge in [0.25, 0.3) is 5.91 Å². The van der Waals surface area contributed by atoms with Crippen LogP contribution in [0.2, 0.25) is 0 Å². The number of nitrogens with one attached hydrogen (secondary N) is 1. The van der Waals surface area contributed by atoms with E-state index >= 15 is 0 Å². The first kappa shape index (κ1) is 20.4. The Morgan fingerprint density at radius 1 is 1.18 bits per heavy atom. The molecule has 0 aliphatic heterocycles. The number of carbonyl (C=O) groups excluding carboxylic acids is 1. The lowest BCUT2D eigenvalue weighted by atomic mass is 10.2. The number of hydrogen-bond donors (Lipinski definition) is 1. The van der Waals surface area contributed by atoms with Crippen molar-refractivity contribution in [3.05, 3.63) is 74.6 Å². The van der Waals surface area contributed by atoms with Crippen LogP contribution < -0.4 is 10.1 Å². The molecule has 0 radical (unpaired) electrons. The summed E-state index contributed by atoms with van der Waals surface area (Å²) in [6.45, 7) is -2.71. The number of amides is 1. The summed E-state index contributed by atoms with van der Waals surface area (Å²) in [6, 6.07) is 10.1. The van der Waals surface area contributed by atoms with Gasteiger partial charge in [-0.25, -0.2) is 4.39 Å². The van der Waals surface area contributed by atoms with E-state index in [0.717, 1.165) is 5.56 Å². The second kappa shape index (κ2) is 8.78. The number of anilines is 1. The summed E-state index contributed by atoms with van der Waals surface area (Å²) in [4.78, 5) is 12.6. The molecule has 10 heteroatoms. The van der Waals surface area contributed by atoms with Gasteiger partial charge in [-0.05, 0) is 51.8 Å². The van der Waals surface area contributed by atoms with E-state index in [1.165, 1.54) is 30.3 Å². The average molecular weight is 519 g/mol. The van der Waals surface area contributed by atoms with Crippen LogP contribution in [0.25, 0.3) is 0 Å². The molecular weight excluding hydrogens is 507 g/mol. The molecular formula is C18H12Br2F3N3O2. The Hall–Kier alpha value is -2.33. The zero-order valence-corrected chi connectivity index (χ0v) is 17.2. The highest BCUT2D eigenvalue weighted by atomic mass is 79.9. The fourth-order valence-electron chi connectivity index (χ4n) is 2.39. The van der Waals surface area contributed by atoms with Gasteiger partial charge in [0.1, 0.15) is 11.6 Å². The Morgan fingerprint density at radius 2 is 1.89 bits per heavy atom. The van der Waals surface area contributed by atoms with Gasteiger partial charge in [-0.15, -0.1) is 0 Å². The van der Waals surface area contributed by atoms with Crippen molar-refractivity contribution >= 4 is 43.6 Å². The van der Waals surface area contributed by atoms with E-state index in [-0.39, 0.29) is 22.9 Å². The molecule has 1 amide bonds. The lowest BCUT2D eigenvalue weighted by molar-refractivity contribution is -0.0501. The third kappa shape index (κ3) is 5.14. The molecule has 0 unspecified atom stereocenters. The molecule has 0 fully saturated rings. The summed E-state index contributed by atoms with van der Waals surface area (Å²) in [5.74, 6) is -1.05. The molecule has 0 saturated heterocycles. The maximum atomic E-state index is 13.0. The van der Waals surface area contributed by atoms with Gasteiger partial charge in [-0.3, -0.25) is 9.48 Å². The minimum absolute atomic E-state index is 0.0744. The van der Waals surface area contributed by atoms with Crippen molar-refractivity contribution in [3.63, 3.8) is 0 Å². The Balaban J connectivity index is 1.78. The van der Waals surface area contributed by atoms with Crippen LogP contribution in [0.3, 0.4) is 0 Å². The van der Waals surface area contributed by atoms with Gasteiger partial charge in [-0.1, -0.05) is 28.1 Å². The molecule has 2 aromatic carbocycles. The van der Waals surface area contributed by atoms with Crippen molar-refractivity contribution in [1.82, 2.24) is 9.78 Å². The molecule has 5 nitrogen and oxygen atoms in total. The molecule has 3 aromatic rings. The van der Waals surface area contributed by atoms with Gasteiger partial charge in [0.05, 0.1) is 16.6 Å². The highest BCUT2D eigenvalue weighted by Gasteiger charge is 2.19. The van der Waals surface area contributed by atoms with Crippen LogP contribution in [-0.2, 0) is 6.54 Å². The van der Waals surface area contributed by atoms with Crippen molar-refractivity contribution in [2.24, 2.45) is 0 Å². The summed E-state index contributed by atoms with van der Waals surface area (Å²) in [5.41, 5.74) is 0.739.